The number of thiophene rings is 1. The topological polar surface area (TPSA) is 73.3 Å². The van der Waals surface area contributed by atoms with Crippen LogP contribution in [0.2, 0.25) is 0 Å². The SMILES string of the molecule is CCN1C(C)=C(C(=O)O)C(c2ccc(C)s2)C(C(=O)OCCN2CCN(C(c3ccc(C)cc3)c3ccc(C)cc3)CC2)=C1C. The zero-order valence-electron chi connectivity index (χ0n) is 27.3. The number of nitrogens with zero attached hydrogens (tertiary/aromatic N) is 3. The summed E-state index contributed by atoms with van der Waals surface area (Å²) in [5, 5.41) is 10.3. The van der Waals surface area contributed by atoms with Crippen molar-refractivity contribution in [2.45, 2.75) is 53.5 Å². The fraction of sp³-hybridized carbons (Fsp3) is 0.405. The van der Waals surface area contributed by atoms with Gasteiger partial charge in [0.2, 0.25) is 0 Å². The van der Waals surface area contributed by atoms with E-state index in [0.717, 1.165) is 41.6 Å². The van der Waals surface area contributed by atoms with Gasteiger partial charge in [0, 0.05) is 60.4 Å². The maximum Gasteiger partial charge on any atom is 0.336 e. The Morgan fingerprint density at radius 3 is 1.87 bits per heavy atom. The van der Waals surface area contributed by atoms with Crippen molar-refractivity contribution < 1.29 is 19.4 Å². The molecule has 0 saturated carbocycles. The van der Waals surface area contributed by atoms with E-state index in [9.17, 15) is 14.7 Å². The predicted octanol–water partition coefficient (Wildman–Crippen LogP) is 6.68. The third kappa shape index (κ3) is 7.08. The van der Waals surface area contributed by atoms with Crippen LogP contribution < -0.4 is 0 Å². The minimum Gasteiger partial charge on any atom is -0.478 e. The highest BCUT2D eigenvalue weighted by Crippen LogP contribution is 2.44. The molecule has 1 atom stereocenters. The molecule has 0 radical (unpaired) electrons. The molecule has 1 fully saturated rings. The number of piperazine rings is 1. The van der Waals surface area contributed by atoms with Gasteiger partial charge in [-0.15, -0.1) is 11.3 Å². The largest absolute Gasteiger partial charge is 0.478 e. The number of aliphatic carboxylic acids is 1. The lowest BCUT2D eigenvalue weighted by atomic mass is 9.83. The second-order valence-electron chi connectivity index (χ2n) is 12.2. The minimum atomic E-state index is -1.01. The molecular weight excluding hydrogens is 582 g/mol. The first kappa shape index (κ1) is 32.7. The average Bonchev–Trinajstić information content (AvgIpc) is 3.45. The molecule has 7 nitrogen and oxygen atoms in total. The van der Waals surface area contributed by atoms with Gasteiger partial charge in [-0.25, -0.2) is 9.59 Å². The maximum atomic E-state index is 13.7. The van der Waals surface area contributed by atoms with Crippen molar-refractivity contribution in [2.75, 3.05) is 45.9 Å². The fourth-order valence-electron chi connectivity index (χ4n) is 6.72. The molecule has 3 aromatic rings. The predicted molar refractivity (Wildman–Crippen MR) is 180 cm³/mol. The molecule has 1 unspecified atom stereocenters. The molecule has 2 aromatic carbocycles. The Balaban J connectivity index is 1.26. The zero-order chi connectivity index (χ0) is 32.2. The van der Waals surface area contributed by atoms with E-state index >= 15 is 0 Å². The summed E-state index contributed by atoms with van der Waals surface area (Å²) in [5.41, 5.74) is 7.19. The van der Waals surface area contributed by atoms with Gasteiger partial charge in [-0.05, 0) is 64.8 Å². The number of carbonyl (C=O) groups excluding carboxylic acids is 1. The number of aryl methyl sites for hydroxylation is 3. The summed E-state index contributed by atoms with van der Waals surface area (Å²) in [6.45, 7) is 16.9. The van der Waals surface area contributed by atoms with Crippen LogP contribution in [-0.4, -0.2) is 77.6 Å². The number of carboxylic acids is 1. The maximum absolute atomic E-state index is 13.7. The number of allylic oxidation sites excluding steroid dienone is 2. The summed E-state index contributed by atoms with van der Waals surface area (Å²) < 4.78 is 5.92. The van der Waals surface area contributed by atoms with E-state index in [-0.39, 0.29) is 18.2 Å². The molecule has 1 saturated heterocycles. The molecule has 2 aliphatic heterocycles. The van der Waals surface area contributed by atoms with Crippen LogP contribution in [-0.2, 0) is 14.3 Å². The van der Waals surface area contributed by atoms with Gasteiger partial charge >= 0.3 is 11.9 Å². The Hall–Kier alpha value is -3.72. The monoisotopic (exact) mass is 627 g/mol. The second-order valence-corrected chi connectivity index (χ2v) is 13.5. The standard InChI is InChI=1S/C37H45N3O4S/c1-7-40-27(5)32(36(41)42)34(31-17-12-26(4)45-31)33(28(40)6)37(43)44-23-22-38-18-20-39(21-19-38)35(29-13-8-24(2)9-14-29)30-15-10-25(3)11-16-30/h8-17,34-35H,7,18-23H2,1-6H3,(H,41,42). The zero-order valence-corrected chi connectivity index (χ0v) is 28.1. The number of hydrogen-bond acceptors (Lipinski definition) is 7. The molecule has 3 heterocycles. The Bertz CT molecular complexity index is 1530. The highest BCUT2D eigenvalue weighted by molar-refractivity contribution is 7.12. The van der Waals surface area contributed by atoms with Crippen LogP contribution in [0, 0.1) is 20.8 Å². The molecular formula is C37H45N3O4S. The first-order chi connectivity index (χ1) is 21.6. The molecule has 2 aliphatic rings. The molecule has 0 bridgehead atoms. The summed E-state index contributed by atoms with van der Waals surface area (Å²) in [6, 6.07) is 21.8. The van der Waals surface area contributed by atoms with Crippen molar-refractivity contribution in [1.82, 2.24) is 14.7 Å². The van der Waals surface area contributed by atoms with E-state index in [2.05, 4.69) is 72.2 Å². The Morgan fingerprint density at radius 2 is 1.38 bits per heavy atom. The molecule has 0 aliphatic carbocycles. The fourth-order valence-corrected chi connectivity index (χ4v) is 7.72. The lowest BCUT2D eigenvalue weighted by Gasteiger charge is -2.40. The number of hydrogen-bond donors (Lipinski definition) is 1. The third-order valence-corrected chi connectivity index (χ3v) is 10.2. The van der Waals surface area contributed by atoms with Gasteiger partial charge in [0.1, 0.15) is 6.61 Å². The van der Waals surface area contributed by atoms with Gasteiger partial charge < -0.3 is 14.7 Å². The minimum absolute atomic E-state index is 0.187. The van der Waals surface area contributed by atoms with Crippen LogP contribution in [0.15, 0.2) is 83.2 Å². The molecule has 5 rings (SSSR count). The lowest BCUT2D eigenvalue weighted by molar-refractivity contribution is -0.140. The van der Waals surface area contributed by atoms with Crippen LogP contribution >= 0.6 is 11.3 Å². The van der Waals surface area contributed by atoms with Crippen molar-refractivity contribution in [3.05, 3.63) is 115 Å². The van der Waals surface area contributed by atoms with E-state index in [1.807, 2.05) is 44.7 Å². The molecule has 45 heavy (non-hydrogen) atoms. The number of carbonyl (C=O) groups is 2. The van der Waals surface area contributed by atoms with Crippen molar-refractivity contribution in [2.24, 2.45) is 0 Å². The number of ether oxygens (including phenoxy) is 1. The normalized spacial score (nSPS) is 18.2. The molecule has 0 amide bonds. The molecule has 238 valence electrons. The van der Waals surface area contributed by atoms with Gasteiger partial charge in [-0.1, -0.05) is 59.7 Å². The van der Waals surface area contributed by atoms with Crippen LogP contribution in [0.25, 0.3) is 0 Å². The van der Waals surface area contributed by atoms with Gasteiger partial charge in [0.25, 0.3) is 0 Å². The number of carboxylic acid groups (broad SMARTS) is 1. The summed E-state index contributed by atoms with van der Waals surface area (Å²) in [6.07, 6.45) is 0. The summed E-state index contributed by atoms with van der Waals surface area (Å²) in [5.74, 6) is -2.10. The van der Waals surface area contributed by atoms with Crippen molar-refractivity contribution in [3.63, 3.8) is 0 Å². The van der Waals surface area contributed by atoms with Crippen LogP contribution in [0.1, 0.15) is 64.7 Å². The van der Waals surface area contributed by atoms with Gasteiger partial charge in [-0.2, -0.15) is 0 Å². The van der Waals surface area contributed by atoms with Crippen LogP contribution in [0.3, 0.4) is 0 Å². The Labute approximate surface area is 271 Å². The van der Waals surface area contributed by atoms with Crippen molar-refractivity contribution in [1.29, 1.82) is 0 Å². The van der Waals surface area contributed by atoms with Gasteiger partial charge in [0.05, 0.1) is 23.1 Å². The van der Waals surface area contributed by atoms with E-state index < -0.39 is 17.9 Å². The van der Waals surface area contributed by atoms with E-state index in [1.165, 1.54) is 33.6 Å². The van der Waals surface area contributed by atoms with Crippen LogP contribution in [0.5, 0.6) is 0 Å². The highest BCUT2D eigenvalue weighted by Gasteiger charge is 2.40. The summed E-state index contributed by atoms with van der Waals surface area (Å²) in [7, 11) is 0. The smallest absolute Gasteiger partial charge is 0.336 e. The number of esters is 1. The van der Waals surface area contributed by atoms with Crippen molar-refractivity contribution >= 4 is 23.3 Å². The van der Waals surface area contributed by atoms with E-state index in [1.54, 1.807) is 0 Å². The second kappa shape index (κ2) is 14.1. The van der Waals surface area contributed by atoms with Crippen LogP contribution in [0.4, 0.5) is 0 Å². The molecule has 1 N–H and O–H groups in total. The van der Waals surface area contributed by atoms with E-state index in [4.69, 9.17) is 4.74 Å². The third-order valence-electron chi connectivity index (χ3n) is 9.18. The summed E-state index contributed by atoms with van der Waals surface area (Å²) in [4.78, 5) is 35.0. The Morgan fingerprint density at radius 1 is 0.822 bits per heavy atom. The lowest BCUT2D eigenvalue weighted by Crippen LogP contribution is -2.48. The van der Waals surface area contributed by atoms with Gasteiger partial charge in [-0.3, -0.25) is 9.80 Å². The number of benzene rings is 2. The average molecular weight is 628 g/mol. The molecule has 8 heteroatoms. The van der Waals surface area contributed by atoms with Crippen molar-refractivity contribution in [3.8, 4) is 0 Å². The van der Waals surface area contributed by atoms with E-state index in [0.29, 0.717) is 24.4 Å². The number of rotatable bonds is 10. The molecule has 0 spiro atoms. The highest BCUT2D eigenvalue weighted by atomic mass is 32.1. The quantitative estimate of drug-likeness (QED) is 0.252. The Kier molecular flexibility index (Phi) is 10.3. The summed E-state index contributed by atoms with van der Waals surface area (Å²) >= 11 is 1.53. The first-order valence-corrected chi connectivity index (χ1v) is 16.7. The molecule has 1 aromatic heterocycles. The van der Waals surface area contributed by atoms with Gasteiger partial charge in [0.15, 0.2) is 0 Å². The first-order valence-electron chi connectivity index (χ1n) is 15.8.